The molecule has 0 aromatic heterocycles. The highest BCUT2D eigenvalue weighted by atomic mass is 15.1. The van der Waals surface area contributed by atoms with Gasteiger partial charge in [-0.3, -0.25) is 0 Å². The number of hydrogen-bond acceptors (Lipinski definition) is 2. The van der Waals surface area contributed by atoms with Crippen molar-refractivity contribution in [3.63, 3.8) is 0 Å². The summed E-state index contributed by atoms with van der Waals surface area (Å²) >= 11 is 0. The fraction of sp³-hybridized carbons (Fsp3) is 0.571. The number of benzene rings is 1. The Morgan fingerprint density at radius 2 is 1.88 bits per heavy atom. The highest BCUT2D eigenvalue weighted by molar-refractivity contribution is 5.58. The van der Waals surface area contributed by atoms with Gasteiger partial charge in [-0.2, -0.15) is 0 Å². The van der Waals surface area contributed by atoms with Crippen molar-refractivity contribution in [2.45, 2.75) is 40.2 Å². The summed E-state index contributed by atoms with van der Waals surface area (Å²) in [6.45, 7) is 8.85. The fourth-order valence-electron chi connectivity index (χ4n) is 1.97. The summed E-state index contributed by atoms with van der Waals surface area (Å²) < 4.78 is 0. The fourth-order valence-corrected chi connectivity index (χ4v) is 1.97. The summed E-state index contributed by atoms with van der Waals surface area (Å²) in [5.41, 5.74) is 9.10. The zero-order chi connectivity index (χ0) is 12.3. The molecular weight excluding hydrogens is 196 g/mol. The zero-order valence-electron chi connectivity index (χ0n) is 11.1. The molecule has 0 saturated carbocycles. The van der Waals surface area contributed by atoms with Crippen molar-refractivity contribution < 1.29 is 0 Å². The van der Waals surface area contributed by atoms with Crippen LogP contribution in [0.3, 0.4) is 0 Å². The van der Waals surface area contributed by atoms with Crippen molar-refractivity contribution in [2.75, 3.05) is 17.7 Å². The third-order valence-electron chi connectivity index (χ3n) is 3.13. The van der Waals surface area contributed by atoms with Gasteiger partial charge in [-0.15, -0.1) is 0 Å². The van der Waals surface area contributed by atoms with Gasteiger partial charge in [0.15, 0.2) is 0 Å². The molecule has 90 valence electrons. The Morgan fingerprint density at radius 1 is 1.25 bits per heavy atom. The quantitative estimate of drug-likeness (QED) is 0.787. The second kappa shape index (κ2) is 5.24. The third-order valence-corrected chi connectivity index (χ3v) is 3.13. The van der Waals surface area contributed by atoms with E-state index in [0.717, 1.165) is 17.2 Å². The molecule has 2 nitrogen and oxygen atoms in total. The van der Waals surface area contributed by atoms with E-state index in [1.54, 1.807) is 0 Å². The molecule has 0 bridgehead atoms. The average molecular weight is 220 g/mol. The van der Waals surface area contributed by atoms with Crippen LogP contribution in [-0.2, 0) is 0 Å². The molecule has 16 heavy (non-hydrogen) atoms. The van der Waals surface area contributed by atoms with Crippen molar-refractivity contribution in [3.8, 4) is 0 Å². The maximum Gasteiger partial charge on any atom is 0.0370 e. The van der Waals surface area contributed by atoms with Gasteiger partial charge in [0.25, 0.3) is 0 Å². The smallest absolute Gasteiger partial charge is 0.0370 e. The van der Waals surface area contributed by atoms with Crippen LogP contribution >= 0.6 is 0 Å². The third kappa shape index (κ3) is 3.16. The number of nitrogens with zero attached hydrogens (tertiary/aromatic N) is 1. The molecule has 0 aliphatic rings. The molecule has 2 heteroatoms. The van der Waals surface area contributed by atoms with Crippen LogP contribution in [0.2, 0.25) is 0 Å². The molecule has 1 unspecified atom stereocenters. The minimum atomic E-state index is 0.558. The largest absolute Gasteiger partial charge is 0.399 e. The van der Waals surface area contributed by atoms with Crippen LogP contribution in [0.15, 0.2) is 18.2 Å². The van der Waals surface area contributed by atoms with Crippen molar-refractivity contribution in [1.29, 1.82) is 0 Å². The summed E-state index contributed by atoms with van der Waals surface area (Å²) in [4.78, 5) is 2.33. The van der Waals surface area contributed by atoms with Crippen LogP contribution in [-0.4, -0.2) is 13.1 Å². The molecule has 2 N–H and O–H groups in total. The van der Waals surface area contributed by atoms with Gasteiger partial charge in [-0.1, -0.05) is 13.8 Å². The first-order valence-corrected chi connectivity index (χ1v) is 6.00. The van der Waals surface area contributed by atoms with E-state index in [1.807, 2.05) is 6.07 Å². The van der Waals surface area contributed by atoms with Gasteiger partial charge in [0, 0.05) is 24.5 Å². The Labute approximate surface area is 99.5 Å². The van der Waals surface area contributed by atoms with E-state index in [9.17, 15) is 0 Å². The lowest BCUT2D eigenvalue weighted by molar-refractivity contribution is 0.504. The van der Waals surface area contributed by atoms with Crippen LogP contribution < -0.4 is 10.6 Å². The normalized spacial score (nSPS) is 12.9. The van der Waals surface area contributed by atoms with Crippen LogP contribution in [0.4, 0.5) is 11.4 Å². The van der Waals surface area contributed by atoms with Crippen molar-refractivity contribution in [2.24, 2.45) is 5.92 Å². The first kappa shape index (κ1) is 12.9. The molecule has 1 aromatic carbocycles. The number of anilines is 2. The second-order valence-corrected chi connectivity index (χ2v) is 5.13. The topological polar surface area (TPSA) is 29.3 Å². The highest BCUT2D eigenvalue weighted by Gasteiger charge is 2.12. The van der Waals surface area contributed by atoms with Gasteiger partial charge < -0.3 is 10.6 Å². The van der Waals surface area contributed by atoms with Gasteiger partial charge in [0.2, 0.25) is 0 Å². The number of hydrogen-bond donors (Lipinski definition) is 1. The lowest BCUT2D eigenvalue weighted by atomic mass is 10.0. The summed E-state index contributed by atoms with van der Waals surface area (Å²) in [7, 11) is 2.15. The number of nitrogen functional groups attached to an aromatic ring is 1. The molecule has 0 spiro atoms. The SMILES string of the molecule is Cc1cc(N(C)C(C)CC(C)C)ccc1N. The van der Waals surface area contributed by atoms with E-state index in [0.29, 0.717) is 6.04 Å². The molecule has 0 amide bonds. The molecule has 0 fully saturated rings. The van der Waals surface area contributed by atoms with Gasteiger partial charge in [-0.05, 0) is 49.9 Å². The first-order valence-electron chi connectivity index (χ1n) is 6.00. The van der Waals surface area contributed by atoms with E-state index in [4.69, 9.17) is 5.73 Å². The highest BCUT2D eigenvalue weighted by Crippen LogP contribution is 2.23. The Morgan fingerprint density at radius 3 is 2.38 bits per heavy atom. The molecule has 0 aliphatic heterocycles. The Balaban J connectivity index is 2.79. The van der Waals surface area contributed by atoms with Crippen LogP contribution in [0.1, 0.15) is 32.8 Å². The molecule has 0 radical (unpaired) electrons. The summed E-state index contributed by atoms with van der Waals surface area (Å²) in [6, 6.07) is 6.80. The summed E-state index contributed by atoms with van der Waals surface area (Å²) in [6.07, 6.45) is 1.21. The minimum Gasteiger partial charge on any atom is -0.399 e. The average Bonchev–Trinajstić information content (AvgIpc) is 2.20. The van der Waals surface area contributed by atoms with Crippen molar-refractivity contribution in [3.05, 3.63) is 23.8 Å². The number of aryl methyl sites for hydroxylation is 1. The number of rotatable bonds is 4. The zero-order valence-corrected chi connectivity index (χ0v) is 11.1. The predicted molar refractivity (Wildman–Crippen MR) is 72.9 cm³/mol. The Kier molecular flexibility index (Phi) is 4.22. The minimum absolute atomic E-state index is 0.558. The number of nitrogens with two attached hydrogens (primary N) is 1. The molecular formula is C14H24N2. The van der Waals surface area contributed by atoms with Gasteiger partial charge in [0.1, 0.15) is 0 Å². The van der Waals surface area contributed by atoms with E-state index in [-0.39, 0.29) is 0 Å². The van der Waals surface area contributed by atoms with Crippen molar-refractivity contribution >= 4 is 11.4 Å². The second-order valence-electron chi connectivity index (χ2n) is 5.13. The molecule has 0 aliphatic carbocycles. The molecule has 1 atom stereocenters. The molecule has 1 aromatic rings. The van der Waals surface area contributed by atoms with Crippen LogP contribution in [0.5, 0.6) is 0 Å². The lowest BCUT2D eigenvalue weighted by Crippen LogP contribution is -2.30. The van der Waals surface area contributed by atoms with E-state index < -0.39 is 0 Å². The molecule has 0 saturated heterocycles. The molecule has 0 heterocycles. The standard InChI is InChI=1S/C14H24N2/c1-10(2)8-12(4)16(5)13-6-7-14(15)11(3)9-13/h6-7,9-10,12H,8,15H2,1-5H3. The van der Waals surface area contributed by atoms with Gasteiger partial charge in [-0.25, -0.2) is 0 Å². The Bertz CT molecular complexity index is 345. The van der Waals surface area contributed by atoms with Crippen LogP contribution in [0, 0.1) is 12.8 Å². The summed E-state index contributed by atoms with van der Waals surface area (Å²) in [5, 5.41) is 0. The van der Waals surface area contributed by atoms with Crippen LogP contribution in [0.25, 0.3) is 0 Å². The predicted octanol–water partition coefficient (Wildman–Crippen LogP) is 3.45. The summed E-state index contributed by atoms with van der Waals surface area (Å²) in [5.74, 6) is 0.729. The van der Waals surface area contributed by atoms with E-state index in [1.165, 1.54) is 12.1 Å². The maximum absolute atomic E-state index is 5.83. The lowest BCUT2D eigenvalue weighted by Gasteiger charge is -2.28. The monoisotopic (exact) mass is 220 g/mol. The van der Waals surface area contributed by atoms with E-state index in [2.05, 4.69) is 51.8 Å². The van der Waals surface area contributed by atoms with Gasteiger partial charge >= 0.3 is 0 Å². The maximum atomic E-state index is 5.83. The first-order chi connectivity index (χ1) is 7.41. The van der Waals surface area contributed by atoms with Crippen molar-refractivity contribution in [1.82, 2.24) is 0 Å². The van der Waals surface area contributed by atoms with Gasteiger partial charge in [0.05, 0.1) is 0 Å². The molecule has 1 rings (SSSR count). The Hall–Kier alpha value is -1.18. The van der Waals surface area contributed by atoms with E-state index >= 15 is 0 Å².